The molecule has 4 nitrogen and oxygen atoms in total. The number of furan rings is 1. The molecule has 0 bridgehead atoms. The lowest BCUT2D eigenvalue weighted by Crippen LogP contribution is -2.11. The van der Waals surface area contributed by atoms with Gasteiger partial charge in [-0.25, -0.2) is 4.39 Å². The molecule has 0 fully saturated rings. The van der Waals surface area contributed by atoms with E-state index in [1.54, 1.807) is 31.2 Å². The minimum Gasteiger partial charge on any atom is -0.481 e. The molecule has 7 heteroatoms. The molecule has 2 aromatic carbocycles. The zero-order valence-electron chi connectivity index (χ0n) is 14.6. The Morgan fingerprint density at radius 3 is 2.64 bits per heavy atom. The third-order valence-corrected chi connectivity index (χ3v) is 5.06. The second-order valence-corrected chi connectivity index (χ2v) is 6.97. The molecule has 2 heterocycles. The number of hydrogen-bond donors (Lipinski definition) is 0. The highest BCUT2D eigenvalue weighted by Crippen LogP contribution is 2.33. The van der Waals surface area contributed by atoms with Crippen molar-refractivity contribution < 1.29 is 18.0 Å². The second-order valence-electron chi connectivity index (χ2n) is 6.15. The molecule has 0 aliphatic carbocycles. The van der Waals surface area contributed by atoms with Crippen molar-refractivity contribution in [2.75, 3.05) is 0 Å². The first-order valence-corrected chi connectivity index (χ1v) is 9.08. The van der Waals surface area contributed by atoms with E-state index in [0.717, 1.165) is 5.56 Å². The molecular weight excluding hydrogens is 406 g/mol. The van der Waals surface area contributed by atoms with Crippen LogP contribution in [0.5, 0.6) is 5.75 Å². The zero-order valence-corrected chi connectivity index (χ0v) is 16.1. The van der Waals surface area contributed by atoms with Crippen LogP contribution in [0.25, 0.3) is 22.5 Å². The van der Waals surface area contributed by atoms with Crippen molar-refractivity contribution in [3.8, 4) is 17.3 Å². The van der Waals surface area contributed by atoms with Crippen LogP contribution in [0.2, 0.25) is 10.0 Å². The van der Waals surface area contributed by atoms with E-state index in [9.17, 15) is 9.18 Å². The zero-order chi connectivity index (χ0) is 19.8. The lowest BCUT2D eigenvalue weighted by Gasteiger charge is -2.12. The summed E-state index contributed by atoms with van der Waals surface area (Å²) < 4.78 is 31.0. The molecule has 4 rings (SSSR count). The maximum absolute atomic E-state index is 14.1. The summed E-state index contributed by atoms with van der Waals surface area (Å²) in [6, 6.07) is 10.8. The summed E-state index contributed by atoms with van der Waals surface area (Å²) in [5.74, 6) is -0.226. The monoisotopic (exact) mass is 418 g/mol. The quantitative estimate of drug-likeness (QED) is 0.385. The fraction of sp³-hybridized carbons (Fsp3) is 0.0952. The number of hydrogen-bond acceptors (Lipinski definition) is 4. The van der Waals surface area contributed by atoms with Gasteiger partial charge in [0.05, 0.1) is 16.7 Å². The highest BCUT2D eigenvalue weighted by atomic mass is 35.5. The lowest BCUT2D eigenvalue weighted by molar-refractivity contribution is 0.290. The van der Waals surface area contributed by atoms with Gasteiger partial charge < -0.3 is 13.6 Å². The normalized spacial score (nSPS) is 11.1. The van der Waals surface area contributed by atoms with Crippen LogP contribution in [0.3, 0.4) is 0 Å². The number of rotatable bonds is 4. The summed E-state index contributed by atoms with van der Waals surface area (Å²) >= 11 is 12.2. The third-order valence-electron chi connectivity index (χ3n) is 4.30. The predicted molar refractivity (Wildman–Crippen MR) is 106 cm³/mol. The minimum atomic E-state index is -0.532. The maximum atomic E-state index is 14.1. The van der Waals surface area contributed by atoms with Crippen LogP contribution in [-0.2, 0) is 6.61 Å². The molecule has 0 unspecified atom stereocenters. The Labute approximate surface area is 169 Å². The van der Waals surface area contributed by atoms with Gasteiger partial charge in [0, 0.05) is 10.6 Å². The van der Waals surface area contributed by atoms with Crippen LogP contribution < -0.4 is 10.2 Å². The van der Waals surface area contributed by atoms with Gasteiger partial charge in [0.15, 0.2) is 5.76 Å². The van der Waals surface area contributed by atoms with Crippen LogP contribution in [0.15, 0.2) is 62.4 Å². The molecule has 0 amide bonds. The Morgan fingerprint density at radius 1 is 1.11 bits per heavy atom. The largest absolute Gasteiger partial charge is 0.481 e. The molecule has 0 aliphatic rings. The number of benzene rings is 2. The van der Waals surface area contributed by atoms with Crippen molar-refractivity contribution in [2.24, 2.45) is 0 Å². The summed E-state index contributed by atoms with van der Waals surface area (Å²) in [5, 5.41) is 0.873. The lowest BCUT2D eigenvalue weighted by atomic mass is 10.1. The van der Waals surface area contributed by atoms with E-state index in [-0.39, 0.29) is 34.1 Å². The van der Waals surface area contributed by atoms with Crippen LogP contribution in [0, 0.1) is 12.7 Å². The van der Waals surface area contributed by atoms with Gasteiger partial charge in [-0.05, 0) is 48.9 Å². The van der Waals surface area contributed by atoms with Crippen molar-refractivity contribution in [1.29, 1.82) is 0 Å². The van der Waals surface area contributed by atoms with Crippen molar-refractivity contribution in [3.05, 3.63) is 85.9 Å². The molecule has 142 valence electrons. The van der Waals surface area contributed by atoms with Crippen molar-refractivity contribution in [2.45, 2.75) is 13.5 Å². The smallest absolute Gasteiger partial charge is 0.235 e. The standard InChI is InChI=1S/C21H13Cl2FO4/c1-11-8-18-12(9-15(11)23)19(25)21(20(28-18)17-6-3-7-26-17)27-10-13-14(22)4-2-5-16(13)24/h2-9H,10H2,1H3. The molecule has 0 saturated carbocycles. The van der Waals surface area contributed by atoms with E-state index >= 15 is 0 Å². The maximum Gasteiger partial charge on any atom is 0.235 e. The number of aryl methyl sites for hydroxylation is 1. The van der Waals surface area contributed by atoms with Crippen molar-refractivity contribution >= 4 is 34.2 Å². The summed E-state index contributed by atoms with van der Waals surface area (Å²) in [6.45, 7) is 1.55. The van der Waals surface area contributed by atoms with Gasteiger partial charge in [-0.1, -0.05) is 29.3 Å². The van der Waals surface area contributed by atoms with E-state index in [4.69, 9.17) is 36.8 Å². The molecule has 28 heavy (non-hydrogen) atoms. The van der Waals surface area contributed by atoms with Crippen molar-refractivity contribution in [1.82, 2.24) is 0 Å². The molecular formula is C21H13Cl2FO4. The number of halogens is 3. The summed E-state index contributed by atoms with van der Waals surface area (Å²) in [5.41, 5.74) is 0.794. The van der Waals surface area contributed by atoms with E-state index in [2.05, 4.69) is 0 Å². The molecule has 2 aromatic heterocycles. The molecule has 4 aromatic rings. The highest BCUT2D eigenvalue weighted by molar-refractivity contribution is 6.32. The molecule has 0 spiro atoms. The fourth-order valence-corrected chi connectivity index (χ4v) is 3.20. The van der Waals surface area contributed by atoms with Gasteiger partial charge >= 0.3 is 0 Å². The Bertz CT molecular complexity index is 1210. The van der Waals surface area contributed by atoms with Crippen LogP contribution >= 0.6 is 23.2 Å². The Hall–Kier alpha value is -2.76. The average Bonchev–Trinajstić information content (AvgIpc) is 3.19. The van der Waals surface area contributed by atoms with E-state index < -0.39 is 11.2 Å². The highest BCUT2D eigenvalue weighted by Gasteiger charge is 2.21. The predicted octanol–water partition coefficient (Wildman–Crippen LogP) is 6.39. The van der Waals surface area contributed by atoms with Gasteiger partial charge in [-0.2, -0.15) is 0 Å². The summed E-state index contributed by atoms with van der Waals surface area (Å²) in [6.07, 6.45) is 1.45. The second kappa shape index (κ2) is 7.34. The third kappa shape index (κ3) is 3.28. The minimum absolute atomic E-state index is 0.108. The van der Waals surface area contributed by atoms with Crippen molar-refractivity contribution in [3.63, 3.8) is 0 Å². The topological polar surface area (TPSA) is 52.6 Å². The Balaban J connectivity index is 1.88. The van der Waals surface area contributed by atoms with Crippen LogP contribution in [0.1, 0.15) is 11.1 Å². The van der Waals surface area contributed by atoms with E-state index in [1.807, 2.05) is 0 Å². The van der Waals surface area contributed by atoms with E-state index in [0.29, 0.717) is 16.4 Å². The van der Waals surface area contributed by atoms with Crippen LogP contribution in [-0.4, -0.2) is 0 Å². The average molecular weight is 419 g/mol. The van der Waals surface area contributed by atoms with Gasteiger partial charge in [0.25, 0.3) is 0 Å². The molecule has 0 aliphatic heterocycles. The Kier molecular flexibility index (Phi) is 4.87. The van der Waals surface area contributed by atoms with Gasteiger partial charge in [-0.15, -0.1) is 0 Å². The first-order valence-electron chi connectivity index (χ1n) is 8.32. The number of fused-ring (bicyclic) bond motifs is 1. The van der Waals surface area contributed by atoms with Gasteiger partial charge in [-0.3, -0.25) is 4.79 Å². The van der Waals surface area contributed by atoms with Gasteiger partial charge in [0.1, 0.15) is 18.0 Å². The molecule has 0 saturated heterocycles. The summed E-state index contributed by atoms with van der Waals surface area (Å²) in [7, 11) is 0. The van der Waals surface area contributed by atoms with Gasteiger partial charge in [0.2, 0.25) is 16.9 Å². The fourth-order valence-electron chi connectivity index (χ4n) is 2.81. The molecule has 0 atom stereocenters. The molecule has 0 radical (unpaired) electrons. The number of ether oxygens (including phenoxy) is 1. The SMILES string of the molecule is Cc1cc2oc(-c3ccco3)c(OCc3c(F)cccc3Cl)c(=O)c2cc1Cl. The first kappa shape index (κ1) is 18.6. The molecule has 0 N–H and O–H groups in total. The Morgan fingerprint density at radius 2 is 1.93 bits per heavy atom. The van der Waals surface area contributed by atoms with Crippen LogP contribution in [0.4, 0.5) is 4.39 Å². The van der Waals surface area contributed by atoms with E-state index in [1.165, 1.54) is 24.5 Å². The summed E-state index contributed by atoms with van der Waals surface area (Å²) in [4.78, 5) is 13.1. The first-order chi connectivity index (χ1) is 13.5.